The van der Waals surface area contributed by atoms with Crippen LogP contribution in [0.25, 0.3) is 11.1 Å². The van der Waals surface area contributed by atoms with Gasteiger partial charge < -0.3 is 15.1 Å². The predicted molar refractivity (Wildman–Crippen MR) is 84.5 cm³/mol. The highest BCUT2D eigenvalue weighted by molar-refractivity contribution is 5.94. The van der Waals surface area contributed by atoms with Crippen LogP contribution in [0.3, 0.4) is 0 Å². The van der Waals surface area contributed by atoms with Crippen molar-refractivity contribution in [2.24, 2.45) is 0 Å². The van der Waals surface area contributed by atoms with Crippen molar-refractivity contribution in [2.75, 3.05) is 5.32 Å². The minimum Gasteiger partial charge on any atom is -0.441 e. The van der Waals surface area contributed by atoms with Crippen molar-refractivity contribution in [1.82, 2.24) is 10.3 Å². The summed E-state index contributed by atoms with van der Waals surface area (Å²) < 4.78 is 5.38. The first-order valence-electron chi connectivity index (χ1n) is 7.44. The Morgan fingerprint density at radius 2 is 2.00 bits per heavy atom. The second kappa shape index (κ2) is 7.06. The quantitative estimate of drug-likeness (QED) is 0.859. The lowest BCUT2D eigenvalue weighted by Gasteiger charge is -2.11. The average molecular weight is 303 g/mol. The van der Waals surface area contributed by atoms with E-state index in [0.717, 1.165) is 6.42 Å². The monoisotopic (exact) mass is 303 g/mol. The first-order chi connectivity index (χ1) is 10.5. The zero-order chi connectivity index (χ0) is 16.1. The van der Waals surface area contributed by atoms with Crippen LogP contribution in [0.15, 0.2) is 22.6 Å². The summed E-state index contributed by atoms with van der Waals surface area (Å²) in [6.07, 6.45) is 1.20. The number of aryl methyl sites for hydroxylation is 1. The Balaban J connectivity index is 1.86. The molecule has 0 aliphatic heterocycles. The maximum absolute atomic E-state index is 11.9. The first kappa shape index (κ1) is 16.0. The van der Waals surface area contributed by atoms with Crippen molar-refractivity contribution in [2.45, 2.75) is 46.1 Å². The third-order valence-electron chi connectivity index (χ3n) is 3.38. The number of aromatic nitrogens is 1. The molecule has 0 aliphatic carbocycles. The number of benzene rings is 1. The van der Waals surface area contributed by atoms with Crippen molar-refractivity contribution in [3.05, 3.63) is 24.1 Å². The van der Waals surface area contributed by atoms with Gasteiger partial charge in [-0.25, -0.2) is 4.98 Å². The molecule has 0 saturated carbocycles. The van der Waals surface area contributed by atoms with Crippen LogP contribution in [0, 0.1) is 6.92 Å². The normalized spacial score (nSPS) is 12.1. The Morgan fingerprint density at radius 3 is 2.73 bits per heavy atom. The van der Waals surface area contributed by atoms with Gasteiger partial charge in [0.05, 0.1) is 0 Å². The molecule has 0 saturated heterocycles. The van der Waals surface area contributed by atoms with Crippen molar-refractivity contribution < 1.29 is 14.0 Å². The number of carbonyl (C=O) groups is 2. The minimum atomic E-state index is -0.195. The highest BCUT2D eigenvalue weighted by atomic mass is 16.3. The zero-order valence-electron chi connectivity index (χ0n) is 13.1. The molecule has 2 amide bonds. The number of nitrogens with one attached hydrogen (secondary N) is 2. The fraction of sp³-hybridized carbons (Fsp3) is 0.438. The molecule has 2 N–H and O–H groups in total. The van der Waals surface area contributed by atoms with E-state index in [1.165, 1.54) is 0 Å². The fourth-order valence-corrected chi connectivity index (χ4v) is 2.02. The van der Waals surface area contributed by atoms with Gasteiger partial charge in [-0.2, -0.15) is 0 Å². The second-order valence-electron chi connectivity index (χ2n) is 5.34. The molecule has 0 unspecified atom stereocenters. The largest absolute Gasteiger partial charge is 0.441 e. The van der Waals surface area contributed by atoms with E-state index < -0.39 is 0 Å². The lowest BCUT2D eigenvalue weighted by Crippen LogP contribution is -2.32. The minimum absolute atomic E-state index is 0.105. The van der Waals surface area contributed by atoms with Crippen LogP contribution >= 0.6 is 0 Å². The number of rotatable bonds is 6. The van der Waals surface area contributed by atoms with Gasteiger partial charge in [0.25, 0.3) is 0 Å². The summed E-state index contributed by atoms with van der Waals surface area (Å²) in [6.45, 7) is 5.71. The molecular weight excluding hydrogens is 282 g/mol. The molecule has 2 aromatic rings. The lowest BCUT2D eigenvalue weighted by molar-refractivity contribution is -0.124. The van der Waals surface area contributed by atoms with Crippen LogP contribution in [-0.4, -0.2) is 22.8 Å². The maximum Gasteiger partial charge on any atom is 0.224 e. The van der Waals surface area contributed by atoms with Crippen LogP contribution in [0.1, 0.15) is 39.0 Å². The van der Waals surface area contributed by atoms with E-state index in [-0.39, 0.29) is 30.7 Å². The van der Waals surface area contributed by atoms with E-state index in [0.29, 0.717) is 22.7 Å². The summed E-state index contributed by atoms with van der Waals surface area (Å²) in [6, 6.07) is 5.40. The number of hydrogen-bond acceptors (Lipinski definition) is 4. The van der Waals surface area contributed by atoms with Crippen LogP contribution in [0.2, 0.25) is 0 Å². The molecule has 6 nitrogen and oxygen atoms in total. The summed E-state index contributed by atoms with van der Waals surface area (Å²) >= 11 is 0. The SMILES string of the molecule is CC[C@H](C)NC(=O)CCC(=O)Nc1ccc2oc(C)nc2c1. The molecule has 22 heavy (non-hydrogen) atoms. The molecule has 0 aliphatic rings. The van der Waals surface area contributed by atoms with Gasteiger partial charge in [-0.05, 0) is 31.5 Å². The van der Waals surface area contributed by atoms with Gasteiger partial charge in [0, 0.05) is 31.5 Å². The standard InChI is InChI=1S/C16H21N3O3/c1-4-10(2)17-15(20)7-8-16(21)19-12-5-6-14-13(9-12)18-11(3)22-14/h5-6,9-10H,4,7-8H2,1-3H3,(H,17,20)(H,19,21)/t10-/m0/s1. The molecule has 0 bridgehead atoms. The van der Waals surface area contributed by atoms with Crippen LogP contribution < -0.4 is 10.6 Å². The fourth-order valence-electron chi connectivity index (χ4n) is 2.02. The Labute approximate surface area is 129 Å². The molecular formula is C16H21N3O3. The molecule has 1 atom stereocenters. The van der Waals surface area contributed by atoms with Crippen LogP contribution in [-0.2, 0) is 9.59 Å². The summed E-state index contributed by atoms with van der Waals surface area (Å²) in [4.78, 5) is 27.7. The van der Waals surface area contributed by atoms with Gasteiger partial charge in [0.1, 0.15) is 5.52 Å². The summed E-state index contributed by atoms with van der Waals surface area (Å²) in [5.74, 6) is 0.283. The number of fused-ring (bicyclic) bond motifs is 1. The van der Waals surface area contributed by atoms with Gasteiger partial charge in [-0.1, -0.05) is 6.92 Å². The topological polar surface area (TPSA) is 84.2 Å². The lowest BCUT2D eigenvalue weighted by atomic mass is 10.2. The molecule has 0 radical (unpaired) electrons. The highest BCUT2D eigenvalue weighted by Crippen LogP contribution is 2.19. The number of carbonyl (C=O) groups excluding carboxylic acids is 2. The van der Waals surface area contributed by atoms with E-state index in [4.69, 9.17) is 4.42 Å². The second-order valence-corrected chi connectivity index (χ2v) is 5.34. The highest BCUT2D eigenvalue weighted by Gasteiger charge is 2.10. The van der Waals surface area contributed by atoms with Crippen LogP contribution in [0.5, 0.6) is 0 Å². The molecule has 0 fully saturated rings. The van der Waals surface area contributed by atoms with E-state index >= 15 is 0 Å². The molecule has 1 aromatic heterocycles. The van der Waals surface area contributed by atoms with Crippen molar-refractivity contribution >= 4 is 28.6 Å². The molecule has 1 heterocycles. The molecule has 1 aromatic carbocycles. The number of anilines is 1. The number of oxazole rings is 1. The Bertz CT molecular complexity index is 678. The smallest absolute Gasteiger partial charge is 0.224 e. The van der Waals surface area contributed by atoms with Crippen molar-refractivity contribution in [1.29, 1.82) is 0 Å². The number of nitrogens with zero attached hydrogens (tertiary/aromatic N) is 1. The van der Waals surface area contributed by atoms with E-state index in [1.54, 1.807) is 25.1 Å². The average Bonchev–Trinajstić information content (AvgIpc) is 2.84. The summed E-state index contributed by atoms with van der Waals surface area (Å²) in [5, 5.41) is 5.60. The molecule has 2 rings (SSSR count). The van der Waals surface area contributed by atoms with E-state index in [2.05, 4.69) is 15.6 Å². The Hall–Kier alpha value is -2.37. The van der Waals surface area contributed by atoms with E-state index in [1.807, 2.05) is 13.8 Å². The molecule has 118 valence electrons. The van der Waals surface area contributed by atoms with Crippen LogP contribution in [0.4, 0.5) is 5.69 Å². The van der Waals surface area contributed by atoms with Gasteiger partial charge >= 0.3 is 0 Å². The van der Waals surface area contributed by atoms with Gasteiger partial charge in [0.2, 0.25) is 11.8 Å². The summed E-state index contributed by atoms with van der Waals surface area (Å²) in [5.41, 5.74) is 2.03. The van der Waals surface area contributed by atoms with Gasteiger partial charge in [0.15, 0.2) is 11.5 Å². The maximum atomic E-state index is 11.9. The Kier molecular flexibility index (Phi) is 5.14. The Morgan fingerprint density at radius 1 is 1.27 bits per heavy atom. The third kappa shape index (κ3) is 4.31. The van der Waals surface area contributed by atoms with Crippen molar-refractivity contribution in [3.8, 4) is 0 Å². The van der Waals surface area contributed by atoms with E-state index in [9.17, 15) is 9.59 Å². The molecule has 0 spiro atoms. The molecule has 6 heteroatoms. The zero-order valence-corrected chi connectivity index (χ0v) is 13.1. The number of amides is 2. The first-order valence-corrected chi connectivity index (χ1v) is 7.44. The van der Waals surface area contributed by atoms with Crippen molar-refractivity contribution in [3.63, 3.8) is 0 Å². The third-order valence-corrected chi connectivity index (χ3v) is 3.38. The predicted octanol–water partition coefficient (Wildman–Crippen LogP) is 2.77. The van der Waals surface area contributed by atoms with Gasteiger partial charge in [-0.3, -0.25) is 9.59 Å². The number of hydrogen-bond donors (Lipinski definition) is 2. The summed E-state index contributed by atoms with van der Waals surface area (Å²) in [7, 11) is 0. The van der Waals surface area contributed by atoms with Gasteiger partial charge in [-0.15, -0.1) is 0 Å².